The summed E-state index contributed by atoms with van der Waals surface area (Å²) < 4.78 is 6.15. The van der Waals surface area contributed by atoms with E-state index in [4.69, 9.17) is 4.74 Å². The predicted octanol–water partition coefficient (Wildman–Crippen LogP) is 2.96. The van der Waals surface area contributed by atoms with E-state index in [0.717, 1.165) is 40.4 Å². The zero-order chi connectivity index (χ0) is 13.0. The highest BCUT2D eigenvalue weighted by Crippen LogP contribution is 2.29. The number of methoxy groups -OCH3 is 1. The minimum Gasteiger partial charge on any atom is -0.496 e. The zero-order valence-corrected chi connectivity index (χ0v) is 12.0. The first-order valence-corrected chi connectivity index (χ1v) is 6.62. The number of rotatable bonds is 5. The second-order valence-electron chi connectivity index (χ2n) is 3.87. The van der Waals surface area contributed by atoms with Crippen molar-refractivity contribution in [3.8, 4) is 17.0 Å². The molecule has 5 heteroatoms. The van der Waals surface area contributed by atoms with Gasteiger partial charge in [-0.25, -0.2) is 4.98 Å². The fraction of sp³-hybridized carbons (Fsp3) is 0.308. The molecule has 4 nitrogen and oxygen atoms in total. The maximum absolute atomic E-state index is 5.21. The number of aromatic amines is 1. The first kappa shape index (κ1) is 13.1. The van der Waals surface area contributed by atoms with Gasteiger partial charge < -0.3 is 15.0 Å². The fourth-order valence-electron chi connectivity index (χ4n) is 1.68. The van der Waals surface area contributed by atoms with Gasteiger partial charge in [-0.1, -0.05) is 6.92 Å². The molecular formula is C13H16BrN3O. The number of ether oxygens (including phenoxy) is 1. The van der Waals surface area contributed by atoms with Crippen molar-refractivity contribution in [2.45, 2.75) is 13.5 Å². The van der Waals surface area contributed by atoms with Crippen molar-refractivity contribution in [2.24, 2.45) is 0 Å². The van der Waals surface area contributed by atoms with E-state index in [-0.39, 0.29) is 0 Å². The Morgan fingerprint density at radius 2 is 2.28 bits per heavy atom. The van der Waals surface area contributed by atoms with Crippen LogP contribution in [0.25, 0.3) is 11.3 Å². The van der Waals surface area contributed by atoms with Gasteiger partial charge in [0, 0.05) is 5.56 Å². The molecule has 18 heavy (non-hydrogen) atoms. The Labute approximate surface area is 115 Å². The van der Waals surface area contributed by atoms with Crippen molar-refractivity contribution < 1.29 is 4.74 Å². The third kappa shape index (κ3) is 2.91. The Kier molecular flexibility index (Phi) is 4.38. The highest BCUT2D eigenvalue weighted by molar-refractivity contribution is 9.10. The average Bonchev–Trinajstić information content (AvgIpc) is 2.85. The molecule has 0 saturated carbocycles. The Hall–Kier alpha value is -1.33. The average molecular weight is 310 g/mol. The lowest BCUT2D eigenvalue weighted by atomic mass is 10.2. The van der Waals surface area contributed by atoms with E-state index < -0.39 is 0 Å². The molecule has 0 radical (unpaired) electrons. The van der Waals surface area contributed by atoms with E-state index in [2.05, 4.69) is 38.1 Å². The van der Waals surface area contributed by atoms with E-state index in [1.807, 2.05) is 24.4 Å². The largest absolute Gasteiger partial charge is 0.496 e. The molecule has 1 heterocycles. The number of imidazole rings is 1. The predicted molar refractivity (Wildman–Crippen MR) is 75.7 cm³/mol. The number of halogens is 1. The van der Waals surface area contributed by atoms with Crippen LogP contribution in [-0.2, 0) is 6.54 Å². The van der Waals surface area contributed by atoms with Gasteiger partial charge in [0.1, 0.15) is 11.6 Å². The summed E-state index contributed by atoms with van der Waals surface area (Å²) in [7, 11) is 1.66. The van der Waals surface area contributed by atoms with Crippen LogP contribution in [-0.4, -0.2) is 23.6 Å². The molecule has 0 aliphatic heterocycles. The van der Waals surface area contributed by atoms with Gasteiger partial charge in [0.2, 0.25) is 0 Å². The molecule has 2 aromatic rings. The summed E-state index contributed by atoms with van der Waals surface area (Å²) in [6.45, 7) is 3.77. The van der Waals surface area contributed by atoms with Crippen LogP contribution < -0.4 is 10.1 Å². The van der Waals surface area contributed by atoms with Gasteiger partial charge in [0.15, 0.2) is 0 Å². The Morgan fingerprint density at radius 1 is 1.44 bits per heavy atom. The molecule has 0 amide bonds. The summed E-state index contributed by atoms with van der Waals surface area (Å²) in [5.74, 6) is 1.77. The maximum atomic E-state index is 5.21. The quantitative estimate of drug-likeness (QED) is 0.893. The van der Waals surface area contributed by atoms with Crippen molar-refractivity contribution in [1.82, 2.24) is 15.3 Å². The number of nitrogens with one attached hydrogen (secondary N) is 2. The topological polar surface area (TPSA) is 49.9 Å². The number of benzene rings is 1. The summed E-state index contributed by atoms with van der Waals surface area (Å²) in [4.78, 5) is 7.63. The van der Waals surface area contributed by atoms with Crippen molar-refractivity contribution in [3.05, 3.63) is 34.7 Å². The minimum atomic E-state index is 0.758. The summed E-state index contributed by atoms with van der Waals surface area (Å²) in [5, 5.41) is 3.24. The van der Waals surface area contributed by atoms with Gasteiger partial charge >= 0.3 is 0 Å². The smallest absolute Gasteiger partial charge is 0.133 e. The van der Waals surface area contributed by atoms with E-state index in [0.29, 0.717) is 0 Å². The van der Waals surface area contributed by atoms with Crippen LogP contribution in [0.4, 0.5) is 0 Å². The number of hydrogen-bond acceptors (Lipinski definition) is 3. The Balaban J connectivity index is 2.20. The van der Waals surface area contributed by atoms with Gasteiger partial charge in [-0.05, 0) is 40.7 Å². The van der Waals surface area contributed by atoms with Crippen LogP contribution in [0.3, 0.4) is 0 Å². The van der Waals surface area contributed by atoms with Crippen LogP contribution >= 0.6 is 15.9 Å². The zero-order valence-electron chi connectivity index (χ0n) is 10.5. The molecular weight excluding hydrogens is 294 g/mol. The molecule has 2 rings (SSSR count). The van der Waals surface area contributed by atoms with E-state index in [9.17, 15) is 0 Å². The van der Waals surface area contributed by atoms with Crippen LogP contribution in [0.1, 0.15) is 12.7 Å². The molecule has 0 unspecified atom stereocenters. The first-order valence-electron chi connectivity index (χ1n) is 5.83. The SMILES string of the molecule is CCNCc1ncc(-c2ccc(OC)c(Br)c2)[nH]1. The molecule has 0 bridgehead atoms. The number of aromatic nitrogens is 2. The molecule has 0 fully saturated rings. The molecule has 0 atom stereocenters. The summed E-state index contributed by atoms with van der Waals surface area (Å²) >= 11 is 3.48. The lowest BCUT2D eigenvalue weighted by molar-refractivity contribution is 0.412. The van der Waals surface area contributed by atoms with Gasteiger partial charge in [-0.15, -0.1) is 0 Å². The summed E-state index contributed by atoms with van der Waals surface area (Å²) in [6, 6.07) is 5.96. The van der Waals surface area contributed by atoms with E-state index in [1.165, 1.54) is 0 Å². The second-order valence-corrected chi connectivity index (χ2v) is 4.73. The van der Waals surface area contributed by atoms with Crippen molar-refractivity contribution >= 4 is 15.9 Å². The molecule has 0 saturated heterocycles. The molecule has 2 N–H and O–H groups in total. The highest BCUT2D eigenvalue weighted by Gasteiger charge is 2.06. The molecule has 0 aliphatic rings. The van der Waals surface area contributed by atoms with Gasteiger partial charge in [-0.2, -0.15) is 0 Å². The maximum Gasteiger partial charge on any atom is 0.133 e. The molecule has 0 aliphatic carbocycles. The van der Waals surface area contributed by atoms with E-state index >= 15 is 0 Å². The molecule has 1 aromatic heterocycles. The van der Waals surface area contributed by atoms with Gasteiger partial charge in [-0.3, -0.25) is 0 Å². The Bertz CT molecular complexity index is 525. The normalized spacial score (nSPS) is 10.6. The van der Waals surface area contributed by atoms with Crippen molar-refractivity contribution in [2.75, 3.05) is 13.7 Å². The molecule has 96 valence electrons. The van der Waals surface area contributed by atoms with Gasteiger partial charge in [0.05, 0.1) is 30.0 Å². The summed E-state index contributed by atoms with van der Waals surface area (Å²) in [6.07, 6.45) is 1.85. The fourth-order valence-corrected chi connectivity index (χ4v) is 2.22. The van der Waals surface area contributed by atoms with Crippen LogP contribution in [0.5, 0.6) is 5.75 Å². The van der Waals surface area contributed by atoms with Crippen LogP contribution in [0.15, 0.2) is 28.9 Å². The third-order valence-corrected chi connectivity index (χ3v) is 3.25. The minimum absolute atomic E-state index is 0.758. The molecule has 1 aromatic carbocycles. The molecule has 0 spiro atoms. The standard InChI is InChI=1S/C13H16BrN3O/c1-3-15-8-13-16-7-11(17-13)9-4-5-12(18-2)10(14)6-9/h4-7,15H,3,8H2,1-2H3,(H,16,17). The Morgan fingerprint density at radius 3 is 2.94 bits per heavy atom. The lowest BCUT2D eigenvalue weighted by Crippen LogP contribution is -2.12. The number of hydrogen-bond donors (Lipinski definition) is 2. The number of nitrogens with zero attached hydrogens (tertiary/aromatic N) is 1. The van der Waals surface area contributed by atoms with Crippen LogP contribution in [0, 0.1) is 0 Å². The van der Waals surface area contributed by atoms with Crippen molar-refractivity contribution in [3.63, 3.8) is 0 Å². The lowest BCUT2D eigenvalue weighted by Gasteiger charge is -2.04. The van der Waals surface area contributed by atoms with Gasteiger partial charge in [0.25, 0.3) is 0 Å². The number of H-pyrrole nitrogens is 1. The second kappa shape index (κ2) is 6.02. The summed E-state index contributed by atoms with van der Waals surface area (Å²) in [5.41, 5.74) is 2.09. The van der Waals surface area contributed by atoms with E-state index in [1.54, 1.807) is 7.11 Å². The monoisotopic (exact) mass is 309 g/mol. The highest BCUT2D eigenvalue weighted by atomic mass is 79.9. The third-order valence-electron chi connectivity index (χ3n) is 2.63. The van der Waals surface area contributed by atoms with Crippen molar-refractivity contribution in [1.29, 1.82) is 0 Å². The van der Waals surface area contributed by atoms with Crippen LogP contribution in [0.2, 0.25) is 0 Å². The first-order chi connectivity index (χ1) is 8.74.